The smallest absolute Gasteiger partial charge is 0.339 e. The van der Waals surface area contributed by atoms with Gasteiger partial charge < -0.3 is 10.8 Å². The Balaban J connectivity index is 2.64. The van der Waals surface area contributed by atoms with Crippen molar-refractivity contribution in [2.45, 2.75) is 19.9 Å². The molecule has 0 aliphatic carbocycles. The van der Waals surface area contributed by atoms with Gasteiger partial charge in [0.2, 0.25) is 0 Å². The molecule has 0 radical (unpaired) electrons. The van der Waals surface area contributed by atoms with Crippen LogP contribution in [-0.4, -0.2) is 25.8 Å². The molecule has 0 atom stereocenters. The number of rotatable bonds is 4. The Morgan fingerprint density at radius 2 is 2.39 bits per heavy atom. The molecule has 2 heterocycles. The molecule has 94 valence electrons. The van der Waals surface area contributed by atoms with Gasteiger partial charge in [0, 0.05) is 6.54 Å². The van der Waals surface area contributed by atoms with Crippen LogP contribution in [0.15, 0.2) is 18.9 Å². The Bertz CT molecular complexity index is 631. The molecule has 18 heavy (non-hydrogen) atoms. The zero-order valence-corrected chi connectivity index (χ0v) is 10.1. The SMILES string of the molecule is C=CCCn1ncc2c(N)c(C(=O)O)c(C)nc21. The van der Waals surface area contributed by atoms with E-state index in [0.29, 0.717) is 23.3 Å². The lowest BCUT2D eigenvalue weighted by molar-refractivity contribution is 0.0697. The first-order valence-corrected chi connectivity index (χ1v) is 5.52. The van der Waals surface area contributed by atoms with Crippen LogP contribution in [-0.2, 0) is 6.54 Å². The van der Waals surface area contributed by atoms with Gasteiger partial charge in [0.25, 0.3) is 0 Å². The Morgan fingerprint density at radius 3 is 3.00 bits per heavy atom. The zero-order valence-electron chi connectivity index (χ0n) is 10.1. The van der Waals surface area contributed by atoms with Crippen molar-refractivity contribution in [2.75, 3.05) is 5.73 Å². The monoisotopic (exact) mass is 246 g/mol. The maximum Gasteiger partial charge on any atom is 0.339 e. The largest absolute Gasteiger partial charge is 0.478 e. The minimum Gasteiger partial charge on any atom is -0.478 e. The summed E-state index contributed by atoms with van der Waals surface area (Å²) in [4.78, 5) is 15.4. The number of nitrogens with two attached hydrogens (primary N) is 1. The quantitative estimate of drug-likeness (QED) is 0.799. The molecule has 0 saturated carbocycles. The Kier molecular flexibility index (Phi) is 3.01. The number of aromatic carboxylic acids is 1. The molecule has 0 fully saturated rings. The van der Waals surface area contributed by atoms with E-state index in [1.807, 2.05) is 0 Å². The van der Waals surface area contributed by atoms with Crippen LogP contribution in [0.25, 0.3) is 11.0 Å². The standard InChI is InChI=1S/C12H14N4O2/c1-3-4-5-16-11-8(6-14-16)10(13)9(12(17)18)7(2)15-11/h3,6H,1,4-5H2,2H3,(H2,13,15)(H,17,18). The molecule has 0 saturated heterocycles. The van der Waals surface area contributed by atoms with Crippen molar-refractivity contribution in [3.05, 3.63) is 30.1 Å². The fourth-order valence-corrected chi connectivity index (χ4v) is 1.88. The fourth-order valence-electron chi connectivity index (χ4n) is 1.88. The van der Waals surface area contributed by atoms with Gasteiger partial charge in [0.1, 0.15) is 5.56 Å². The maximum absolute atomic E-state index is 11.1. The summed E-state index contributed by atoms with van der Waals surface area (Å²) in [5, 5.41) is 13.8. The van der Waals surface area contributed by atoms with Crippen LogP contribution in [0.2, 0.25) is 0 Å². The van der Waals surface area contributed by atoms with Gasteiger partial charge in [-0.15, -0.1) is 6.58 Å². The predicted molar refractivity (Wildman–Crippen MR) is 68.5 cm³/mol. The van der Waals surface area contributed by atoms with Crippen LogP contribution in [0.1, 0.15) is 22.5 Å². The Labute approximate surface area is 104 Å². The number of pyridine rings is 1. The summed E-state index contributed by atoms with van der Waals surface area (Å²) in [6.45, 7) is 5.92. The molecule has 0 unspecified atom stereocenters. The van der Waals surface area contributed by atoms with E-state index in [4.69, 9.17) is 10.8 Å². The topological polar surface area (TPSA) is 94.0 Å². The van der Waals surface area contributed by atoms with Gasteiger partial charge in [-0.3, -0.25) is 0 Å². The van der Waals surface area contributed by atoms with Crippen LogP contribution in [0.3, 0.4) is 0 Å². The lowest BCUT2D eigenvalue weighted by Crippen LogP contribution is -2.09. The second kappa shape index (κ2) is 4.48. The number of anilines is 1. The lowest BCUT2D eigenvalue weighted by Gasteiger charge is -2.07. The van der Waals surface area contributed by atoms with Crippen molar-refractivity contribution < 1.29 is 9.90 Å². The molecule has 0 aromatic carbocycles. The summed E-state index contributed by atoms with van der Waals surface area (Å²) in [6, 6.07) is 0. The van der Waals surface area contributed by atoms with Crippen LogP contribution in [0, 0.1) is 6.92 Å². The van der Waals surface area contributed by atoms with E-state index in [1.54, 1.807) is 23.9 Å². The van der Waals surface area contributed by atoms with Crippen LogP contribution >= 0.6 is 0 Å². The first kappa shape index (κ1) is 12.1. The number of hydrogen-bond acceptors (Lipinski definition) is 4. The molecule has 6 nitrogen and oxygen atoms in total. The van der Waals surface area contributed by atoms with Crippen molar-refractivity contribution in [1.29, 1.82) is 0 Å². The number of aryl methyl sites for hydroxylation is 2. The summed E-state index contributed by atoms with van der Waals surface area (Å²) in [5.41, 5.74) is 7.14. The second-order valence-electron chi connectivity index (χ2n) is 3.97. The summed E-state index contributed by atoms with van der Waals surface area (Å²) in [5.74, 6) is -1.07. The molecule has 0 aliphatic heterocycles. The number of fused-ring (bicyclic) bond motifs is 1. The number of carboxylic acids is 1. The summed E-state index contributed by atoms with van der Waals surface area (Å²) >= 11 is 0. The predicted octanol–water partition coefficient (Wildman–Crippen LogP) is 1.60. The van der Waals surface area contributed by atoms with Crippen LogP contribution in [0.4, 0.5) is 5.69 Å². The average molecular weight is 246 g/mol. The molecule has 6 heteroatoms. The third-order valence-corrected chi connectivity index (χ3v) is 2.77. The van der Waals surface area contributed by atoms with Gasteiger partial charge in [0.05, 0.1) is 23.0 Å². The molecule has 0 spiro atoms. The molecule has 2 rings (SSSR count). The third kappa shape index (κ3) is 1.81. The van der Waals surface area contributed by atoms with E-state index in [9.17, 15) is 4.79 Å². The van der Waals surface area contributed by atoms with Crippen molar-refractivity contribution in [3.63, 3.8) is 0 Å². The molecule has 0 bridgehead atoms. The number of carboxylic acid groups (broad SMARTS) is 1. The normalized spacial score (nSPS) is 10.7. The Hall–Kier alpha value is -2.37. The highest BCUT2D eigenvalue weighted by molar-refractivity contribution is 6.03. The van der Waals surface area contributed by atoms with Crippen molar-refractivity contribution >= 4 is 22.7 Å². The zero-order chi connectivity index (χ0) is 13.3. The number of hydrogen-bond donors (Lipinski definition) is 2. The van der Waals surface area contributed by atoms with Crippen LogP contribution in [0.5, 0.6) is 0 Å². The third-order valence-electron chi connectivity index (χ3n) is 2.77. The first-order chi connectivity index (χ1) is 8.56. The van der Waals surface area contributed by atoms with E-state index in [2.05, 4.69) is 16.7 Å². The van der Waals surface area contributed by atoms with E-state index in [-0.39, 0.29) is 11.3 Å². The highest BCUT2D eigenvalue weighted by Crippen LogP contribution is 2.25. The van der Waals surface area contributed by atoms with Crippen LogP contribution < -0.4 is 5.73 Å². The van der Waals surface area contributed by atoms with Gasteiger partial charge in [-0.25, -0.2) is 14.5 Å². The lowest BCUT2D eigenvalue weighted by atomic mass is 10.1. The van der Waals surface area contributed by atoms with E-state index in [0.717, 1.165) is 6.42 Å². The van der Waals surface area contributed by atoms with E-state index in [1.165, 1.54) is 0 Å². The molecular weight excluding hydrogens is 232 g/mol. The number of nitrogen functional groups attached to an aromatic ring is 1. The summed E-state index contributed by atoms with van der Waals surface area (Å²) in [7, 11) is 0. The van der Waals surface area contributed by atoms with Gasteiger partial charge in [-0.05, 0) is 13.3 Å². The first-order valence-electron chi connectivity index (χ1n) is 5.52. The molecule has 2 aromatic heterocycles. The highest BCUT2D eigenvalue weighted by atomic mass is 16.4. The van der Waals surface area contributed by atoms with Crippen molar-refractivity contribution in [1.82, 2.24) is 14.8 Å². The van der Waals surface area contributed by atoms with E-state index < -0.39 is 5.97 Å². The molecule has 0 amide bonds. The second-order valence-corrected chi connectivity index (χ2v) is 3.97. The van der Waals surface area contributed by atoms with Gasteiger partial charge >= 0.3 is 5.97 Å². The minimum absolute atomic E-state index is 0.0470. The van der Waals surface area contributed by atoms with Gasteiger partial charge in [0.15, 0.2) is 5.65 Å². The minimum atomic E-state index is -1.07. The summed E-state index contributed by atoms with van der Waals surface area (Å²) < 4.78 is 1.70. The summed E-state index contributed by atoms with van der Waals surface area (Å²) in [6.07, 6.45) is 4.10. The molecule has 2 aromatic rings. The van der Waals surface area contributed by atoms with Crippen molar-refractivity contribution in [3.8, 4) is 0 Å². The fraction of sp³-hybridized carbons (Fsp3) is 0.250. The molecular formula is C12H14N4O2. The number of carbonyl (C=O) groups is 1. The van der Waals surface area contributed by atoms with E-state index >= 15 is 0 Å². The molecule has 0 aliphatic rings. The Morgan fingerprint density at radius 1 is 1.67 bits per heavy atom. The highest BCUT2D eigenvalue weighted by Gasteiger charge is 2.18. The number of nitrogens with zero attached hydrogens (tertiary/aromatic N) is 3. The van der Waals surface area contributed by atoms with Gasteiger partial charge in [-0.2, -0.15) is 5.10 Å². The number of allylic oxidation sites excluding steroid dienone is 1. The maximum atomic E-state index is 11.1. The molecule has 3 N–H and O–H groups in total. The van der Waals surface area contributed by atoms with Gasteiger partial charge in [-0.1, -0.05) is 6.08 Å². The number of aromatic nitrogens is 3. The average Bonchev–Trinajstić information content (AvgIpc) is 2.69. The van der Waals surface area contributed by atoms with Crippen molar-refractivity contribution in [2.24, 2.45) is 0 Å².